The highest BCUT2D eigenvalue weighted by molar-refractivity contribution is 5.68. The highest BCUT2D eigenvalue weighted by atomic mass is 16.5. The van der Waals surface area contributed by atoms with Gasteiger partial charge in [-0.1, -0.05) is 25.3 Å². The molecule has 1 aromatic carbocycles. The van der Waals surface area contributed by atoms with Crippen LogP contribution in [-0.2, 0) is 6.61 Å². The molecule has 1 saturated carbocycles. The van der Waals surface area contributed by atoms with Gasteiger partial charge in [-0.2, -0.15) is 0 Å². The molecule has 3 aromatic rings. The van der Waals surface area contributed by atoms with Gasteiger partial charge in [0, 0.05) is 35.0 Å². The van der Waals surface area contributed by atoms with Crippen LogP contribution in [0.4, 0.5) is 0 Å². The van der Waals surface area contributed by atoms with Gasteiger partial charge in [-0.3, -0.25) is 4.98 Å². The van der Waals surface area contributed by atoms with E-state index in [2.05, 4.69) is 15.0 Å². The molecular weight excluding hydrogens is 350 g/mol. The molecule has 0 radical (unpaired) electrons. The van der Waals surface area contributed by atoms with Crippen molar-refractivity contribution < 1.29 is 9.47 Å². The van der Waals surface area contributed by atoms with Crippen molar-refractivity contribution in [3.63, 3.8) is 0 Å². The molecule has 146 valence electrons. The lowest BCUT2D eigenvalue weighted by molar-refractivity contribution is 0.303. The Bertz CT molecular complexity index is 912. The molecule has 0 saturated heterocycles. The standard InChI is InChI=1S/C23H27N3O2/c1-16-8-9-17(13-24-16)15-28-19-10-11-20(22(12-19)27-2)21-14-25-23(26-21)18-6-4-3-5-7-18/h8-14,18H,3-7,15H2,1-2H3,(H,25,26). The third kappa shape index (κ3) is 4.19. The first-order valence-electron chi connectivity index (χ1n) is 10.0. The lowest BCUT2D eigenvalue weighted by Gasteiger charge is -2.19. The number of hydrogen-bond donors (Lipinski definition) is 1. The summed E-state index contributed by atoms with van der Waals surface area (Å²) in [6.07, 6.45) is 10.2. The molecule has 0 amide bonds. The molecule has 1 fully saturated rings. The summed E-state index contributed by atoms with van der Waals surface area (Å²) in [5, 5.41) is 0. The average Bonchev–Trinajstić information content (AvgIpc) is 3.24. The summed E-state index contributed by atoms with van der Waals surface area (Å²) < 4.78 is 11.5. The number of aromatic amines is 1. The zero-order valence-corrected chi connectivity index (χ0v) is 16.6. The predicted octanol–water partition coefficient (Wildman–Crippen LogP) is 5.42. The number of methoxy groups -OCH3 is 1. The van der Waals surface area contributed by atoms with Crippen molar-refractivity contribution in [2.24, 2.45) is 0 Å². The number of aromatic nitrogens is 3. The van der Waals surface area contributed by atoms with E-state index >= 15 is 0 Å². The Hall–Kier alpha value is -2.82. The van der Waals surface area contributed by atoms with Crippen LogP contribution in [0.1, 0.15) is 55.1 Å². The molecule has 1 N–H and O–H groups in total. The number of imidazole rings is 1. The third-order valence-electron chi connectivity index (χ3n) is 5.43. The van der Waals surface area contributed by atoms with E-state index in [4.69, 9.17) is 9.47 Å². The second-order valence-corrected chi connectivity index (χ2v) is 7.48. The van der Waals surface area contributed by atoms with Crippen LogP contribution in [0.2, 0.25) is 0 Å². The highest BCUT2D eigenvalue weighted by Gasteiger charge is 2.19. The fourth-order valence-electron chi connectivity index (χ4n) is 3.79. The van der Waals surface area contributed by atoms with Crippen LogP contribution in [0.25, 0.3) is 11.3 Å². The van der Waals surface area contributed by atoms with Crippen molar-refractivity contribution >= 4 is 0 Å². The van der Waals surface area contributed by atoms with Crippen LogP contribution in [0, 0.1) is 6.92 Å². The Labute approximate surface area is 166 Å². The van der Waals surface area contributed by atoms with Gasteiger partial charge >= 0.3 is 0 Å². The Kier molecular flexibility index (Phi) is 5.60. The summed E-state index contributed by atoms with van der Waals surface area (Å²) in [7, 11) is 1.69. The van der Waals surface area contributed by atoms with E-state index in [0.29, 0.717) is 12.5 Å². The summed E-state index contributed by atoms with van der Waals surface area (Å²) in [5.74, 6) is 3.20. The first-order valence-corrected chi connectivity index (χ1v) is 10.0. The number of nitrogens with zero attached hydrogens (tertiary/aromatic N) is 2. The zero-order chi connectivity index (χ0) is 19.3. The third-order valence-corrected chi connectivity index (χ3v) is 5.43. The maximum atomic E-state index is 5.92. The van der Waals surface area contributed by atoms with Gasteiger partial charge in [0.2, 0.25) is 0 Å². The largest absolute Gasteiger partial charge is 0.496 e. The van der Waals surface area contributed by atoms with Gasteiger partial charge in [-0.25, -0.2) is 4.98 Å². The van der Waals surface area contributed by atoms with E-state index < -0.39 is 0 Å². The topological polar surface area (TPSA) is 60.0 Å². The predicted molar refractivity (Wildman–Crippen MR) is 110 cm³/mol. The summed E-state index contributed by atoms with van der Waals surface area (Å²) in [6, 6.07) is 9.95. The Morgan fingerprint density at radius 1 is 1.04 bits per heavy atom. The number of hydrogen-bond acceptors (Lipinski definition) is 4. The smallest absolute Gasteiger partial charge is 0.131 e. The van der Waals surface area contributed by atoms with Crippen molar-refractivity contribution in [3.8, 4) is 22.8 Å². The van der Waals surface area contributed by atoms with Crippen molar-refractivity contribution in [1.82, 2.24) is 15.0 Å². The molecule has 28 heavy (non-hydrogen) atoms. The fraction of sp³-hybridized carbons (Fsp3) is 0.391. The molecule has 1 aliphatic carbocycles. The van der Waals surface area contributed by atoms with Crippen molar-refractivity contribution in [3.05, 3.63) is 59.8 Å². The molecule has 5 nitrogen and oxygen atoms in total. The Morgan fingerprint density at radius 3 is 2.64 bits per heavy atom. The van der Waals surface area contributed by atoms with Gasteiger partial charge in [0.05, 0.1) is 19.0 Å². The highest BCUT2D eigenvalue weighted by Crippen LogP contribution is 2.35. The van der Waals surface area contributed by atoms with Crippen LogP contribution in [-0.4, -0.2) is 22.1 Å². The molecule has 0 spiro atoms. The van der Waals surface area contributed by atoms with Crippen molar-refractivity contribution in [1.29, 1.82) is 0 Å². The fourth-order valence-corrected chi connectivity index (χ4v) is 3.79. The van der Waals surface area contributed by atoms with E-state index in [1.54, 1.807) is 7.11 Å². The number of pyridine rings is 1. The van der Waals surface area contributed by atoms with Crippen LogP contribution >= 0.6 is 0 Å². The van der Waals surface area contributed by atoms with Crippen molar-refractivity contribution in [2.75, 3.05) is 7.11 Å². The summed E-state index contributed by atoms with van der Waals surface area (Å²) in [6.45, 7) is 2.45. The second kappa shape index (κ2) is 8.46. The molecule has 0 bridgehead atoms. The maximum absolute atomic E-state index is 5.92. The van der Waals surface area contributed by atoms with Crippen LogP contribution in [0.15, 0.2) is 42.7 Å². The lowest BCUT2D eigenvalue weighted by atomic mass is 9.89. The minimum atomic E-state index is 0.478. The van der Waals surface area contributed by atoms with Crippen LogP contribution in [0.5, 0.6) is 11.5 Å². The summed E-state index contributed by atoms with van der Waals surface area (Å²) in [5.41, 5.74) is 4.04. The van der Waals surface area contributed by atoms with E-state index in [9.17, 15) is 0 Å². The van der Waals surface area contributed by atoms with Crippen LogP contribution < -0.4 is 9.47 Å². The molecule has 1 aliphatic rings. The van der Waals surface area contributed by atoms with Gasteiger partial charge in [-0.15, -0.1) is 0 Å². The lowest BCUT2D eigenvalue weighted by Crippen LogP contribution is -2.06. The van der Waals surface area contributed by atoms with E-state index in [0.717, 1.165) is 39.8 Å². The van der Waals surface area contributed by atoms with Gasteiger partial charge in [0.1, 0.15) is 23.9 Å². The minimum absolute atomic E-state index is 0.478. The summed E-state index contributed by atoms with van der Waals surface area (Å²) >= 11 is 0. The van der Waals surface area contributed by atoms with E-state index in [1.165, 1.54) is 32.1 Å². The normalized spacial score (nSPS) is 14.8. The number of benzene rings is 1. The van der Waals surface area contributed by atoms with Crippen molar-refractivity contribution in [2.45, 2.75) is 51.6 Å². The molecular formula is C23H27N3O2. The molecule has 0 atom stereocenters. The van der Waals surface area contributed by atoms with Gasteiger partial charge in [0.25, 0.3) is 0 Å². The zero-order valence-electron chi connectivity index (χ0n) is 16.6. The Morgan fingerprint density at radius 2 is 1.89 bits per heavy atom. The number of rotatable bonds is 6. The second-order valence-electron chi connectivity index (χ2n) is 7.48. The molecule has 4 rings (SSSR count). The van der Waals surface area contributed by atoms with Gasteiger partial charge < -0.3 is 14.5 Å². The maximum Gasteiger partial charge on any atom is 0.131 e. The Balaban J connectivity index is 1.49. The number of H-pyrrole nitrogens is 1. The molecule has 0 aliphatic heterocycles. The minimum Gasteiger partial charge on any atom is -0.496 e. The monoisotopic (exact) mass is 377 g/mol. The quantitative estimate of drug-likeness (QED) is 0.623. The average molecular weight is 377 g/mol. The molecule has 2 heterocycles. The van der Waals surface area contributed by atoms with Gasteiger partial charge in [-0.05, 0) is 38.0 Å². The first-order chi connectivity index (χ1) is 13.7. The van der Waals surface area contributed by atoms with Gasteiger partial charge in [0.15, 0.2) is 0 Å². The number of ether oxygens (including phenoxy) is 2. The SMILES string of the molecule is COc1cc(OCc2ccc(C)nc2)ccc1-c1cnc(C2CCCCC2)[nH]1. The van der Waals surface area contributed by atoms with E-state index in [-0.39, 0.29) is 0 Å². The molecule has 5 heteroatoms. The van der Waals surface area contributed by atoms with E-state index in [1.807, 2.05) is 49.6 Å². The van der Waals surface area contributed by atoms with Crippen LogP contribution in [0.3, 0.4) is 0 Å². The number of nitrogens with one attached hydrogen (secondary N) is 1. The first kappa shape index (κ1) is 18.5. The number of aryl methyl sites for hydroxylation is 1. The summed E-state index contributed by atoms with van der Waals surface area (Å²) in [4.78, 5) is 12.5. The molecule has 2 aromatic heterocycles. The molecule has 0 unspecified atom stereocenters.